The zero-order chi connectivity index (χ0) is 18.3. The van der Waals surface area contributed by atoms with E-state index >= 15 is 0 Å². The van der Waals surface area contributed by atoms with Gasteiger partial charge in [-0.1, -0.05) is 36.4 Å². The van der Waals surface area contributed by atoms with Crippen LogP contribution in [0.4, 0.5) is 0 Å². The van der Waals surface area contributed by atoms with Gasteiger partial charge >= 0.3 is 5.97 Å². The Labute approximate surface area is 151 Å². The van der Waals surface area contributed by atoms with E-state index in [4.69, 9.17) is 0 Å². The van der Waals surface area contributed by atoms with Crippen molar-refractivity contribution in [3.63, 3.8) is 0 Å². The van der Waals surface area contributed by atoms with Crippen LogP contribution < -0.4 is 0 Å². The Hall–Kier alpha value is -3.40. The number of aromatic carboxylic acids is 1. The van der Waals surface area contributed by atoms with Gasteiger partial charge in [0.1, 0.15) is 5.82 Å². The summed E-state index contributed by atoms with van der Waals surface area (Å²) < 4.78 is 2.12. The second kappa shape index (κ2) is 6.15. The third-order valence-corrected chi connectivity index (χ3v) is 4.64. The van der Waals surface area contributed by atoms with Crippen molar-refractivity contribution in [3.8, 4) is 16.8 Å². The van der Waals surface area contributed by atoms with E-state index in [1.807, 2.05) is 56.3 Å². The lowest BCUT2D eigenvalue weighted by Gasteiger charge is -2.13. The molecule has 0 saturated carbocycles. The number of aromatic nitrogens is 2. The summed E-state index contributed by atoms with van der Waals surface area (Å²) in [4.78, 5) is 16.2. The molecule has 3 aromatic carbocycles. The number of carboxylic acids is 1. The highest BCUT2D eigenvalue weighted by Crippen LogP contribution is 2.30. The zero-order valence-electron chi connectivity index (χ0n) is 14.6. The van der Waals surface area contributed by atoms with Gasteiger partial charge < -0.3 is 5.11 Å². The Morgan fingerprint density at radius 1 is 0.923 bits per heavy atom. The molecular weight excluding hydrogens is 324 g/mol. The summed E-state index contributed by atoms with van der Waals surface area (Å²) in [6.07, 6.45) is 0. The summed E-state index contributed by atoms with van der Waals surface area (Å²) in [5, 5.41) is 9.47. The molecule has 0 atom stereocenters. The molecule has 4 nitrogen and oxygen atoms in total. The molecule has 0 saturated heterocycles. The third kappa shape index (κ3) is 2.56. The van der Waals surface area contributed by atoms with Crippen LogP contribution >= 0.6 is 0 Å². The Morgan fingerprint density at radius 3 is 2.42 bits per heavy atom. The highest BCUT2D eigenvalue weighted by molar-refractivity contribution is 5.96. The van der Waals surface area contributed by atoms with Crippen molar-refractivity contribution in [1.29, 1.82) is 0 Å². The van der Waals surface area contributed by atoms with Crippen molar-refractivity contribution in [2.75, 3.05) is 0 Å². The number of hydrogen-bond acceptors (Lipinski definition) is 2. The van der Waals surface area contributed by atoms with Crippen molar-refractivity contribution in [3.05, 3.63) is 83.7 Å². The summed E-state index contributed by atoms with van der Waals surface area (Å²) in [6, 6.07) is 21.2. The molecule has 1 N–H and O–H groups in total. The molecule has 0 aliphatic rings. The molecule has 128 valence electrons. The first-order valence-electron chi connectivity index (χ1n) is 8.44. The molecule has 4 aromatic rings. The number of rotatable bonds is 3. The molecule has 0 unspecified atom stereocenters. The first-order valence-corrected chi connectivity index (χ1v) is 8.44. The molecule has 0 fully saturated rings. The molecule has 0 radical (unpaired) electrons. The van der Waals surface area contributed by atoms with Crippen LogP contribution in [-0.2, 0) is 0 Å². The average molecular weight is 342 g/mol. The van der Waals surface area contributed by atoms with Gasteiger partial charge in [0.2, 0.25) is 0 Å². The molecule has 0 aliphatic heterocycles. The lowest BCUT2D eigenvalue weighted by molar-refractivity contribution is 0.0697. The molecule has 0 aliphatic carbocycles. The average Bonchev–Trinajstić information content (AvgIpc) is 2.97. The maximum Gasteiger partial charge on any atom is 0.336 e. The summed E-state index contributed by atoms with van der Waals surface area (Å²) in [5.41, 5.74) is 6.03. The van der Waals surface area contributed by atoms with E-state index in [9.17, 15) is 9.90 Å². The van der Waals surface area contributed by atoms with Gasteiger partial charge in [-0.05, 0) is 60.9 Å². The topological polar surface area (TPSA) is 55.1 Å². The second-order valence-electron chi connectivity index (χ2n) is 6.33. The molecule has 0 spiro atoms. The van der Waals surface area contributed by atoms with Gasteiger partial charge in [-0.2, -0.15) is 0 Å². The smallest absolute Gasteiger partial charge is 0.336 e. The quantitative estimate of drug-likeness (QED) is 0.569. The number of imidazole rings is 1. The van der Waals surface area contributed by atoms with Gasteiger partial charge in [0.05, 0.1) is 16.6 Å². The van der Waals surface area contributed by atoms with Gasteiger partial charge in [-0.15, -0.1) is 0 Å². The predicted octanol–water partition coefficient (Wildman–Crippen LogP) is 5.01. The first-order chi connectivity index (χ1) is 12.6. The number of benzene rings is 3. The largest absolute Gasteiger partial charge is 0.478 e. The van der Waals surface area contributed by atoms with Crippen molar-refractivity contribution in [2.45, 2.75) is 13.8 Å². The Balaban J connectivity index is 1.87. The van der Waals surface area contributed by atoms with Crippen LogP contribution in [0.25, 0.3) is 27.8 Å². The van der Waals surface area contributed by atoms with Crippen LogP contribution in [0.2, 0.25) is 0 Å². The van der Waals surface area contributed by atoms with Crippen LogP contribution in [0.5, 0.6) is 0 Å². The minimum atomic E-state index is -0.916. The normalized spacial score (nSPS) is 11.0. The standard InChI is InChI=1S/C22H18N2O2/c1-14-13-16(24-15(2)23-20-9-5-6-10-21(20)24)11-12-17(14)18-7-3-4-8-19(18)22(25)26/h3-13H,1-2H3,(H,25,26). The number of nitrogens with zero attached hydrogens (tertiary/aromatic N) is 2. The van der Waals surface area contributed by atoms with Crippen LogP contribution in [0.15, 0.2) is 66.7 Å². The number of para-hydroxylation sites is 2. The summed E-state index contributed by atoms with van der Waals surface area (Å²) in [7, 11) is 0. The Morgan fingerprint density at radius 2 is 1.65 bits per heavy atom. The van der Waals surface area contributed by atoms with Crippen LogP contribution in [0.3, 0.4) is 0 Å². The summed E-state index contributed by atoms with van der Waals surface area (Å²) in [6.45, 7) is 3.99. The van der Waals surface area contributed by atoms with Crippen LogP contribution in [-0.4, -0.2) is 20.6 Å². The number of carbonyl (C=O) groups is 1. The fraction of sp³-hybridized carbons (Fsp3) is 0.0909. The lowest BCUT2D eigenvalue weighted by Crippen LogP contribution is -2.01. The van der Waals surface area contributed by atoms with Crippen molar-refractivity contribution in [2.24, 2.45) is 0 Å². The summed E-state index contributed by atoms with van der Waals surface area (Å²) in [5.74, 6) is 0.00445. The number of fused-ring (bicyclic) bond motifs is 1. The third-order valence-electron chi connectivity index (χ3n) is 4.64. The molecular formula is C22H18N2O2. The number of aryl methyl sites for hydroxylation is 2. The molecule has 0 bridgehead atoms. The minimum Gasteiger partial charge on any atom is -0.478 e. The van der Waals surface area contributed by atoms with Gasteiger partial charge in [-0.25, -0.2) is 9.78 Å². The monoisotopic (exact) mass is 342 g/mol. The van der Waals surface area contributed by atoms with Crippen molar-refractivity contribution < 1.29 is 9.90 Å². The minimum absolute atomic E-state index is 0.313. The molecule has 1 aromatic heterocycles. The van der Waals surface area contributed by atoms with E-state index < -0.39 is 5.97 Å². The molecule has 4 heteroatoms. The predicted molar refractivity (Wildman–Crippen MR) is 103 cm³/mol. The fourth-order valence-corrected chi connectivity index (χ4v) is 3.47. The summed E-state index contributed by atoms with van der Waals surface area (Å²) >= 11 is 0. The van der Waals surface area contributed by atoms with Gasteiger partial charge in [0.15, 0.2) is 0 Å². The van der Waals surface area contributed by atoms with E-state index in [0.717, 1.165) is 39.2 Å². The van der Waals surface area contributed by atoms with Gasteiger partial charge in [0, 0.05) is 5.69 Å². The van der Waals surface area contributed by atoms with Crippen LogP contribution in [0.1, 0.15) is 21.7 Å². The van der Waals surface area contributed by atoms with Crippen molar-refractivity contribution >= 4 is 17.0 Å². The van der Waals surface area contributed by atoms with Gasteiger partial charge in [-0.3, -0.25) is 4.57 Å². The molecule has 4 rings (SSSR count). The van der Waals surface area contributed by atoms with E-state index in [0.29, 0.717) is 5.56 Å². The maximum atomic E-state index is 11.5. The number of hydrogen-bond donors (Lipinski definition) is 1. The van der Waals surface area contributed by atoms with E-state index in [-0.39, 0.29) is 0 Å². The Bertz CT molecular complexity index is 1140. The highest BCUT2D eigenvalue weighted by atomic mass is 16.4. The van der Waals surface area contributed by atoms with Gasteiger partial charge in [0.25, 0.3) is 0 Å². The lowest BCUT2D eigenvalue weighted by atomic mass is 9.95. The SMILES string of the molecule is Cc1cc(-n2c(C)nc3ccccc32)ccc1-c1ccccc1C(=O)O. The fourth-order valence-electron chi connectivity index (χ4n) is 3.47. The van der Waals surface area contributed by atoms with Crippen LogP contribution in [0, 0.1) is 13.8 Å². The molecule has 26 heavy (non-hydrogen) atoms. The van der Waals surface area contributed by atoms with E-state index in [1.54, 1.807) is 12.1 Å². The maximum absolute atomic E-state index is 11.5. The Kier molecular flexibility index (Phi) is 3.81. The molecule has 1 heterocycles. The highest BCUT2D eigenvalue weighted by Gasteiger charge is 2.14. The second-order valence-corrected chi connectivity index (χ2v) is 6.33. The number of carboxylic acid groups (broad SMARTS) is 1. The van der Waals surface area contributed by atoms with Crippen molar-refractivity contribution in [1.82, 2.24) is 9.55 Å². The van der Waals surface area contributed by atoms with E-state index in [1.165, 1.54) is 0 Å². The first kappa shape index (κ1) is 16.1. The van der Waals surface area contributed by atoms with E-state index in [2.05, 4.69) is 21.7 Å². The molecule has 0 amide bonds. The zero-order valence-corrected chi connectivity index (χ0v) is 14.6.